The molecule has 0 saturated heterocycles. The van der Waals surface area contributed by atoms with Crippen LogP contribution < -0.4 is 20.7 Å². The van der Waals surface area contributed by atoms with Gasteiger partial charge in [-0.05, 0) is 44.9 Å². The molecule has 0 fully saturated rings. The molecule has 0 radical (unpaired) electrons. The molecule has 9 heteroatoms. The molecule has 0 saturated carbocycles. The maximum absolute atomic E-state index is 11.7. The van der Waals surface area contributed by atoms with Gasteiger partial charge in [0.15, 0.2) is 18.2 Å². The minimum Gasteiger partial charge on any atom is -0.483 e. The molecule has 0 aliphatic heterocycles. The highest BCUT2D eigenvalue weighted by atomic mass is 35.5. The van der Waals surface area contributed by atoms with Gasteiger partial charge < -0.3 is 20.7 Å². The third-order valence-corrected chi connectivity index (χ3v) is 4.11. The van der Waals surface area contributed by atoms with Gasteiger partial charge >= 0.3 is 0 Å². The smallest absolute Gasteiger partial charge is 0.257 e. The molecule has 0 aliphatic rings. The molecule has 0 aromatic heterocycles. The lowest BCUT2D eigenvalue weighted by molar-refractivity contribution is -0.123. The molecule has 184 valence electrons. The lowest BCUT2D eigenvalue weighted by atomic mass is 10.1. The first-order chi connectivity index (χ1) is 15.5. The Morgan fingerprint density at radius 1 is 1.12 bits per heavy atom. The number of benzene rings is 1. The van der Waals surface area contributed by atoms with Crippen LogP contribution in [0.25, 0.3) is 0 Å². The molecular formula is C24H37ClN4O4. The number of nitrogens with one attached hydrogen (secondary N) is 3. The summed E-state index contributed by atoms with van der Waals surface area (Å²) in [5, 5.41) is 8.85. The van der Waals surface area contributed by atoms with Crippen molar-refractivity contribution in [2.45, 2.75) is 54.5 Å². The summed E-state index contributed by atoms with van der Waals surface area (Å²) in [6.07, 6.45) is 2.22. The van der Waals surface area contributed by atoms with Crippen molar-refractivity contribution in [2.75, 3.05) is 20.2 Å². The zero-order valence-electron chi connectivity index (χ0n) is 20.7. The fourth-order valence-electron chi connectivity index (χ4n) is 2.39. The molecule has 0 heterocycles. The molecule has 2 amide bonds. The van der Waals surface area contributed by atoms with Gasteiger partial charge in [0.25, 0.3) is 5.91 Å². The van der Waals surface area contributed by atoms with Gasteiger partial charge in [-0.25, -0.2) is 0 Å². The van der Waals surface area contributed by atoms with Crippen LogP contribution in [0.3, 0.4) is 0 Å². The number of amides is 2. The maximum Gasteiger partial charge on any atom is 0.257 e. The number of carbonyl (C=O) groups excluding carboxylic acids is 3. The quantitative estimate of drug-likeness (QED) is 0.350. The number of hydrogen-bond acceptors (Lipinski definition) is 5. The van der Waals surface area contributed by atoms with Crippen LogP contribution in [0.15, 0.2) is 35.0 Å². The van der Waals surface area contributed by atoms with Gasteiger partial charge in [0.1, 0.15) is 5.75 Å². The highest BCUT2D eigenvalue weighted by Gasteiger charge is 2.10. The Bertz CT molecular complexity index is 847. The van der Waals surface area contributed by atoms with E-state index < -0.39 is 0 Å². The van der Waals surface area contributed by atoms with Crippen molar-refractivity contribution in [1.29, 1.82) is 0 Å². The molecule has 0 atom stereocenters. The summed E-state index contributed by atoms with van der Waals surface area (Å²) >= 11 is 5.98. The summed E-state index contributed by atoms with van der Waals surface area (Å²) in [7, 11) is 1.59. The van der Waals surface area contributed by atoms with Crippen LogP contribution in [0.5, 0.6) is 5.75 Å². The highest BCUT2D eigenvalue weighted by molar-refractivity contribution is 6.38. The molecule has 0 unspecified atom stereocenters. The Morgan fingerprint density at radius 3 is 2.30 bits per heavy atom. The van der Waals surface area contributed by atoms with Crippen molar-refractivity contribution in [1.82, 2.24) is 16.0 Å². The largest absolute Gasteiger partial charge is 0.483 e. The highest BCUT2D eigenvalue weighted by Crippen LogP contribution is 2.23. The van der Waals surface area contributed by atoms with E-state index >= 15 is 0 Å². The lowest BCUT2D eigenvalue weighted by Gasteiger charge is -2.13. The Morgan fingerprint density at radius 2 is 1.79 bits per heavy atom. The van der Waals surface area contributed by atoms with Gasteiger partial charge in [-0.15, -0.1) is 0 Å². The summed E-state index contributed by atoms with van der Waals surface area (Å²) in [5.74, 6) is 0.974. The van der Waals surface area contributed by atoms with Crippen LogP contribution in [0.2, 0.25) is 5.02 Å². The average Bonchev–Trinajstić information content (AvgIpc) is 2.71. The van der Waals surface area contributed by atoms with E-state index in [4.69, 9.17) is 16.3 Å². The molecule has 1 aromatic rings. The fraction of sp³-hybridized carbons (Fsp3) is 0.500. The number of allylic oxidation sites excluding steroid dienone is 1. The summed E-state index contributed by atoms with van der Waals surface area (Å²) in [6.45, 7) is 12.0. The van der Waals surface area contributed by atoms with Gasteiger partial charge in [-0.3, -0.25) is 19.4 Å². The molecule has 0 aliphatic carbocycles. The van der Waals surface area contributed by atoms with E-state index in [0.29, 0.717) is 42.0 Å². The standard InChI is InChI=1S/C16H23ClN2O3.C8H14N2O/c1-4-18-16(21)10-22-14-6-5-13(17)8-12(14)9-19-15(20)7-11(2)3;1-6(2)5-10-8(9-4)7(3)11/h5-6,8,11H,4,7,9-10H2,1-3H3,(H,18,21)(H,19,20);5H,1-4H3,(H,9,10). The molecule has 8 nitrogen and oxygen atoms in total. The summed E-state index contributed by atoms with van der Waals surface area (Å²) in [5.41, 5.74) is 1.85. The van der Waals surface area contributed by atoms with Crippen LogP contribution >= 0.6 is 11.6 Å². The second kappa shape index (κ2) is 16.7. The van der Waals surface area contributed by atoms with Crippen molar-refractivity contribution in [3.8, 4) is 5.75 Å². The number of Topliss-reactive ketones (excluding diaryl/α,β-unsaturated/α-hetero) is 1. The Balaban J connectivity index is 0.000000785. The van der Waals surface area contributed by atoms with Gasteiger partial charge in [0.05, 0.1) is 0 Å². The molecule has 3 N–H and O–H groups in total. The first-order valence-electron chi connectivity index (χ1n) is 10.8. The van der Waals surface area contributed by atoms with E-state index in [1.54, 1.807) is 31.4 Å². The molecule has 0 spiro atoms. The van der Waals surface area contributed by atoms with E-state index in [2.05, 4.69) is 20.9 Å². The van der Waals surface area contributed by atoms with Gasteiger partial charge in [0, 0.05) is 50.3 Å². The van der Waals surface area contributed by atoms with Crippen molar-refractivity contribution in [2.24, 2.45) is 10.9 Å². The molecule has 1 rings (SSSR count). The van der Waals surface area contributed by atoms with Crippen LogP contribution in [0, 0.1) is 5.92 Å². The van der Waals surface area contributed by atoms with Crippen LogP contribution in [-0.4, -0.2) is 43.6 Å². The number of amidine groups is 1. The Labute approximate surface area is 202 Å². The fourth-order valence-corrected chi connectivity index (χ4v) is 2.59. The van der Waals surface area contributed by atoms with Gasteiger partial charge in [-0.1, -0.05) is 31.0 Å². The van der Waals surface area contributed by atoms with Crippen LogP contribution in [0.1, 0.15) is 53.5 Å². The second-order valence-corrected chi connectivity index (χ2v) is 8.30. The number of hydrogen-bond donors (Lipinski definition) is 3. The SMILES string of the molecule is CCNC(=O)COc1ccc(Cl)cc1CNC(=O)CC(C)C.CN=C(NC=C(C)C)C(C)=O. The third-order valence-electron chi connectivity index (χ3n) is 3.88. The van der Waals surface area contributed by atoms with Crippen LogP contribution in [0.4, 0.5) is 0 Å². The van der Waals surface area contributed by atoms with Gasteiger partial charge in [0.2, 0.25) is 5.91 Å². The van der Waals surface area contributed by atoms with Crippen molar-refractivity contribution < 1.29 is 19.1 Å². The lowest BCUT2D eigenvalue weighted by Crippen LogP contribution is -2.29. The number of ketones is 1. The van der Waals surface area contributed by atoms with Crippen molar-refractivity contribution in [3.63, 3.8) is 0 Å². The normalized spacial score (nSPS) is 10.5. The average molecular weight is 481 g/mol. The Hall–Kier alpha value is -2.87. The summed E-state index contributed by atoms with van der Waals surface area (Å²) in [6, 6.07) is 5.11. The van der Waals surface area contributed by atoms with Gasteiger partial charge in [-0.2, -0.15) is 0 Å². The number of ether oxygens (including phenoxy) is 1. The molecule has 33 heavy (non-hydrogen) atoms. The monoisotopic (exact) mass is 480 g/mol. The maximum atomic E-state index is 11.7. The van der Waals surface area contributed by atoms with E-state index in [1.807, 2.05) is 34.6 Å². The van der Waals surface area contributed by atoms with E-state index in [-0.39, 0.29) is 24.2 Å². The number of aliphatic imine (C=N–C) groups is 1. The van der Waals surface area contributed by atoms with Crippen molar-refractivity contribution >= 4 is 35.0 Å². The Kier molecular flexibility index (Phi) is 15.3. The summed E-state index contributed by atoms with van der Waals surface area (Å²) in [4.78, 5) is 37.7. The molecule has 0 bridgehead atoms. The zero-order chi connectivity index (χ0) is 25.4. The van der Waals surface area contributed by atoms with Crippen molar-refractivity contribution in [3.05, 3.63) is 40.6 Å². The number of nitrogens with zero attached hydrogens (tertiary/aromatic N) is 1. The first kappa shape index (κ1) is 30.1. The third kappa shape index (κ3) is 14.7. The first-order valence-corrected chi connectivity index (χ1v) is 11.2. The van der Waals surface area contributed by atoms with E-state index in [9.17, 15) is 14.4 Å². The second-order valence-electron chi connectivity index (χ2n) is 7.86. The minimum atomic E-state index is -0.188. The van der Waals surface area contributed by atoms with E-state index in [0.717, 1.165) is 11.1 Å². The molecule has 1 aromatic carbocycles. The number of likely N-dealkylation sites (N-methyl/N-ethyl adjacent to an activating group) is 1. The van der Waals surface area contributed by atoms with Crippen LogP contribution in [-0.2, 0) is 20.9 Å². The number of halogens is 1. The predicted molar refractivity (Wildman–Crippen MR) is 134 cm³/mol. The minimum absolute atomic E-state index is 0.0235. The predicted octanol–water partition coefficient (Wildman–Crippen LogP) is 3.63. The molecular weight excluding hydrogens is 444 g/mol. The number of carbonyl (C=O) groups is 3. The van der Waals surface area contributed by atoms with E-state index in [1.165, 1.54) is 6.92 Å². The summed E-state index contributed by atoms with van der Waals surface area (Å²) < 4.78 is 5.50. The topological polar surface area (TPSA) is 109 Å². The number of rotatable bonds is 10. The zero-order valence-corrected chi connectivity index (χ0v) is 21.4.